The Balaban J connectivity index is 2.14. The Morgan fingerprint density at radius 1 is 1.40 bits per heavy atom. The van der Waals surface area contributed by atoms with Gasteiger partial charge in [0, 0.05) is 12.6 Å². The zero-order valence-corrected chi connectivity index (χ0v) is 12.4. The summed E-state index contributed by atoms with van der Waals surface area (Å²) >= 11 is 0. The van der Waals surface area contributed by atoms with E-state index in [0.717, 1.165) is 13.1 Å². The van der Waals surface area contributed by atoms with Gasteiger partial charge in [-0.05, 0) is 31.5 Å². The molecule has 2 unspecified atom stereocenters. The highest BCUT2D eigenvalue weighted by atomic mass is 16.5. The van der Waals surface area contributed by atoms with Gasteiger partial charge >= 0.3 is 5.97 Å². The highest BCUT2D eigenvalue weighted by Gasteiger charge is 2.37. The second-order valence-electron chi connectivity index (χ2n) is 5.54. The molecule has 1 fully saturated rings. The number of carbonyl (C=O) groups is 1. The van der Waals surface area contributed by atoms with Crippen LogP contribution in [0.4, 0.5) is 0 Å². The van der Waals surface area contributed by atoms with Crippen molar-refractivity contribution in [2.75, 3.05) is 19.8 Å². The van der Waals surface area contributed by atoms with Crippen LogP contribution in [0.2, 0.25) is 0 Å². The standard InChI is InChI=1S/C16H23NO3/c1-4-17(15-10-20-9-14(15)16(18)19)8-13-6-5-11(2)7-12(13)3/h5-7,14-15H,4,8-10H2,1-3H3,(H,18,19). The third-order valence-electron chi connectivity index (χ3n) is 4.11. The number of ether oxygens (including phenoxy) is 1. The van der Waals surface area contributed by atoms with Crippen molar-refractivity contribution >= 4 is 5.97 Å². The van der Waals surface area contributed by atoms with Crippen LogP contribution in [0.3, 0.4) is 0 Å². The van der Waals surface area contributed by atoms with Crippen molar-refractivity contribution in [3.63, 3.8) is 0 Å². The van der Waals surface area contributed by atoms with E-state index < -0.39 is 11.9 Å². The summed E-state index contributed by atoms with van der Waals surface area (Å²) in [6.07, 6.45) is 0. The SMILES string of the molecule is CCN(Cc1ccc(C)cc1C)C1COCC1C(=O)O. The minimum absolute atomic E-state index is 0.0294. The number of benzene rings is 1. The molecule has 1 aliphatic rings. The minimum atomic E-state index is -0.758. The van der Waals surface area contributed by atoms with E-state index in [1.165, 1.54) is 16.7 Å². The van der Waals surface area contributed by atoms with E-state index in [1.807, 2.05) is 0 Å². The first kappa shape index (κ1) is 15.0. The van der Waals surface area contributed by atoms with Crippen LogP contribution in [0.25, 0.3) is 0 Å². The molecule has 0 radical (unpaired) electrons. The minimum Gasteiger partial charge on any atom is -0.481 e. The number of hydrogen-bond acceptors (Lipinski definition) is 3. The molecule has 110 valence electrons. The molecule has 1 saturated heterocycles. The number of aliphatic carboxylic acids is 1. The van der Waals surface area contributed by atoms with Gasteiger partial charge in [0.05, 0.1) is 19.1 Å². The van der Waals surface area contributed by atoms with Crippen molar-refractivity contribution < 1.29 is 14.6 Å². The Bertz CT molecular complexity index is 487. The molecule has 1 aromatic rings. The van der Waals surface area contributed by atoms with E-state index in [4.69, 9.17) is 4.74 Å². The monoisotopic (exact) mass is 277 g/mol. The molecular formula is C16H23NO3. The molecule has 0 aromatic heterocycles. The molecule has 0 aliphatic carbocycles. The summed E-state index contributed by atoms with van der Waals surface area (Å²) in [5, 5.41) is 9.28. The highest BCUT2D eigenvalue weighted by molar-refractivity contribution is 5.71. The maximum atomic E-state index is 11.3. The summed E-state index contributed by atoms with van der Waals surface area (Å²) < 4.78 is 5.38. The van der Waals surface area contributed by atoms with Gasteiger partial charge < -0.3 is 9.84 Å². The molecule has 1 heterocycles. The van der Waals surface area contributed by atoms with Crippen LogP contribution in [-0.2, 0) is 16.1 Å². The van der Waals surface area contributed by atoms with Gasteiger partial charge in [-0.3, -0.25) is 9.69 Å². The van der Waals surface area contributed by atoms with Crippen LogP contribution < -0.4 is 0 Å². The van der Waals surface area contributed by atoms with E-state index in [1.54, 1.807) is 0 Å². The number of carboxylic acids is 1. The van der Waals surface area contributed by atoms with Crippen molar-refractivity contribution in [1.29, 1.82) is 0 Å². The zero-order valence-electron chi connectivity index (χ0n) is 12.4. The van der Waals surface area contributed by atoms with E-state index in [0.29, 0.717) is 13.2 Å². The summed E-state index contributed by atoms with van der Waals surface area (Å²) in [5.74, 6) is -1.17. The van der Waals surface area contributed by atoms with Gasteiger partial charge in [-0.1, -0.05) is 30.7 Å². The van der Waals surface area contributed by atoms with Gasteiger partial charge in [-0.15, -0.1) is 0 Å². The van der Waals surface area contributed by atoms with Gasteiger partial charge in [0.15, 0.2) is 0 Å². The van der Waals surface area contributed by atoms with Gasteiger partial charge in [0.25, 0.3) is 0 Å². The summed E-state index contributed by atoms with van der Waals surface area (Å²) in [4.78, 5) is 13.5. The van der Waals surface area contributed by atoms with Crippen molar-refractivity contribution in [3.05, 3.63) is 34.9 Å². The predicted octanol–water partition coefficient (Wildman–Crippen LogP) is 2.22. The lowest BCUT2D eigenvalue weighted by Gasteiger charge is -2.29. The highest BCUT2D eigenvalue weighted by Crippen LogP contribution is 2.23. The Labute approximate surface area is 120 Å². The number of aryl methyl sites for hydroxylation is 2. The lowest BCUT2D eigenvalue weighted by atomic mass is 10.00. The number of rotatable bonds is 5. The van der Waals surface area contributed by atoms with Crippen LogP contribution in [0.15, 0.2) is 18.2 Å². The molecule has 2 rings (SSSR count). The number of hydrogen-bond donors (Lipinski definition) is 1. The molecule has 20 heavy (non-hydrogen) atoms. The number of carboxylic acid groups (broad SMARTS) is 1. The average Bonchev–Trinajstić information content (AvgIpc) is 2.87. The molecule has 1 N–H and O–H groups in total. The van der Waals surface area contributed by atoms with Crippen LogP contribution in [0, 0.1) is 19.8 Å². The lowest BCUT2D eigenvalue weighted by molar-refractivity contribution is -0.143. The molecular weight excluding hydrogens is 254 g/mol. The molecule has 0 amide bonds. The normalized spacial score (nSPS) is 22.4. The lowest BCUT2D eigenvalue weighted by Crippen LogP contribution is -2.42. The largest absolute Gasteiger partial charge is 0.481 e. The number of likely N-dealkylation sites (N-methyl/N-ethyl adjacent to an activating group) is 1. The summed E-state index contributed by atoms with van der Waals surface area (Å²) in [6, 6.07) is 6.39. The van der Waals surface area contributed by atoms with Crippen molar-refractivity contribution in [2.45, 2.75) is 33.4 Å². The first-order chi connectivity index (χ1) is 9.52. The molecule has 0 spiro atoms. The quantitative estimate of drug-likeness (QED) is 0.896. The molecule has 0 bridgehead atoms. The fourth-order valence-corrected chi connectivity index (χ4v) is 2.84. The zero-order chi connectivity index (χ0) is 14.7. The topological polar surface area (TPSA) is 49.8 Å². The van der Waals surface area contributed by atoms with Gasteiger partial charge in [-0.2, -0.15) is 0 Å². The molecule has 2 atom stereocenters. The van der Waals surface area contributed by atoms with E-state index in [9.17, 15) is 9.90 Å². The Morgan fingerprint density at radius 3 is 2.75 bits per heavy atom. The molecule has 4 heteroatoms. The molecule has 1 aliphatic heterocycles. The van der Waals surface area contributed by atoms with E-state index in [-0.39, 0.29) is 6.04 Å². The smallest absolute Gasteiger partial charge is 0.310 e. The van der Waals surface area contributed by atoms with Crippen molar-refractivity contribution in [1.82, 2.24) is 4.90 Å². The third-order valence-corrected chi connectivity index (χ3v) is 4.11. The Kier molecular flexibility index (Phi) is 4.78. The summed E-state index contributed by atoms with van der Waals surface area (Å²) in [5.41, 5.74) is 3.77. The van der Waals surface area contributed by atoms with Gasteiger partial charge in [-0.25, -0.2) is 0 Å². The number of nitrogens with zero attached hydrogens (tertiary/aromatic N) is 1. The maximum Gasteiger partial charge on any atom is 0.310 e. The van der Waals surface area contributed by atoms with Crippen LogP contribution >= 0.6 is 0 Å². The predicted molar refractivity (Wildman–Crippen MR) is 77.7 cm³/mol. The Morgan fingerprint density at radius 2 is 2.15 bits per heavy atom. The van der Waals surface area contributed by atoms with Gasteiger partial charge in [0.1, 0.15) is 0 Å². The molecule has 0 saturated carbocycles. The van der Waals surface area contributed by atoms with Gasteiger partial charge in [0.2, 0.25) is 0 Å². The second kappa shape index (κ2) is 6.37. The van der Waals surface area contributed by atoms with Crippen molar-refractivity contribution in [3.8, 4) is 0 Å². The molecule has 1 aromatic carbocycles. The molecule has 4 nitrogen and oxygen atoms in total. The fraction of sp³-hybridized carbons (Fsp3) is 0.562. The van der Waals surface area contributed by atoms with Crippen LogP contribution in [0.1, 0.15) is 23.6 Å². The average molecular weight is 277 g/mol. The van der Waals surface area contributed by atoms with E-state index >= 15 is 0 Å². The fourth-order valence-electron chi connectivity index (χ4n) is 2.84. The second-order valence-corrected chi connectivity index (χ2v) is 5.54. The first-order valence-electron chi connectivity index (χ1n) is 7.13. The summed E-state index contributed by atoms with van der Waals surface area (Å²) in [6.45, 7) is 8.70. The maximum absolute atomic E-state index is 11.3. The summed E-state index contributed by atoms with van der Waals surface area (Å²) in [7, 11) is 0. The van der Waals surface area contributed by atoms with Crippen LogP contribution in [-0.4, -0.2) is 41.8 Å². The van der Waals surface area contributed by atoms with Crippen molar-refractivity contribution in [2.24, 2.45) is 5.92 Å². The third kappa shape index (κ3) is 3.19. The first-order valence-corrected chi connectivity index (χ1v) is 7.13. The Hall–Kier alpha value is -1.39. The van der Waals surface area contributed by atoms with Crippen LogP contribution in [0.5, 0.6) is 0 Å². The van der Waals surface area contributed by atoms with E-state index in [2.05, 4.69) is 43.9 Å².